The van der Waals surface area contributed by atoms with Crippen molar-refractivity contribution in [2.24, 2.45) is 5.41 Å². The SMILES string of the molecule is CCCNC(=O)C(C)(C)C(=O)Nc1cccc(C(F)(F)F)c1. The number of amides is 2. The van der Waals surface area contributed by atoms with Crippen molar-refractivity contribution in [2.75, 3.05) is 11.9 Å². The lowest BCUT2D eigenvalue weighted by Gasteiger charge is -2.22. The zero-order valence-electron chi connectivity index (χ0n) is 12.7. The van der Waals surface area contributed by atoms with Crippen molar-refractivity contribution in [1.82, 2.24) is 5.32 Å². The molecule has 22 heavy (non-hydrogen) atoms. The predicted octanol–water partition coefficient (Wildman–Crippen LogP) is 3.20. The van der Waals surface area contributed by atoms with Crippen molar-refractivity contribution in [1.29, 1.82) is 0 Å². The van der Waals surface area contributed by atoms with E-state index in [9.17, 15) is 22.8 Å². The highest BCUT2D eigenvalue weighted by atomic mass is 19.4. The molecule has 1 rings (SSSR count). The van der Waals surface area contributed by atoms with Crippen LogP contribution in [0.15, 0.2) is 24.3 Å². The fourth-order valence-electron chi connectivity index (χ4n) is 1.62. The third-order valence-corrected chi connectivity index (χ3v) is 3.12. The zero-order valence-corrected chi connectivity index (χ0v) is 12.7. The van der Waals surface area contributed by atoms with Crippen molar-refractivity contribution in [2.45, 2.75) is 33.4 Å². The summed E-state index contributed by atoms with van der Waals surface area (Å²) in [6, 6.07) is 4.28. The van der Waals surface area contributed by atoms with Gasteiger partial charge >= 0.3 is 6.18 Å². The van der Waals surface area contributed by atoms with Gasteiger partial charge in [-0.3, -0.25) is 9.59 Å². The Kier molecular flexibility index (Phi) is 5.57. The summed E-state index contributed by atoms with van der Waals surface area (Å²) in [4.78, 5) is 24.1. The first kappa shape index (κ1) is 18.0. The van der Waals surface area contributed by atoms with Crippen LogP contribution >= 0.6 is 0 Å². The molecule has 0 aliphatic heterocycles. The fraction of sp³-hybridized carbons (Fsp3) is 0.467. The molecule has 0 aromatic heterocycles. The lowest BCUT2D eigenvalue weighted by Crippen LogP contribution is -2.45. The highest BCUT2D eigenvalue weighted by Gasteiger charge is 2.36. The van der Waals surface area contributed by atoms with E-state index in [1.165, 1.54) is 26.0 Å². The Morgan fingerprint density at radius 2 is 1.77 bits per heavy atom. The minimum absolute atomic E-state index is 0.00353. The number of hydrogen-bond donors (Lipinski definition) is 2. The van der Waals surface area contributed by atoms with Crippen molar-refractivity contribution in [3.8, 4) is 0 Å². The number of benzene rings is 1. The lowest BCUT2D eigenvalue weighted by molar-refractivity contribution is -0.139. The van der Waals surface area contributed by atoms with Crippen LogP contribution in [0.25, 0.3) is 0 Å². The van der Waals surface area contributed by atoms with E-state index in [1.54, 1.807) is 0 Å². The Labute approximate surface area is 127 Å². The van der Waals surface area contributed by atoms with Gasteiger partial charge in [0.25, 0.3) is 0 Å². The van der Waals surface area contributed by atoms with Gasteiger partial charge in [-0.1, -0.05) is 13.0 Å². The average molecular weight is 316 g/mol. The number of alkyl halides is 3. The van der Waals surface area contributed by atoms with E-state index in [-0.39, 0.29) is 5.69 Å². The maximum atomic E-state index is 12.6. The highest BCUT2D eigenvalue weighted by molar-refractivity contribution is 6.09. The molecule has 0 atom stereocenters. The molecule has 0 saturated carbocycles. The van der Waals surface area contributed by atoms with Gasteiger partial charge < -0.3 is 10.6 Å². The van der Waals surface area contributed by atoms with Crippen LogP contribution in [0.5, 0.6) is 0 Å². The van der Waals surface area contributed by atoms with Gasteiger partial charge in [-0.2, -0.15) is 13.2 Å². The summed E-state index contributed by atoms with van der Waals surface area (Å²) < 4.78 is 37.9. The van der Waals surface area contributed by atoms with Gasteiger partial charge in [0.1, 0.15) is 5.41 Å². The predicted molar refractivity (Wildman–Crippen MR) is 77.2 cm³/mol. The highest BCUT2D eigenvalue weighted by Crippen LogP contribution is 2.31. The van der Waals surface area contributed by atoms with Crippen molar-refractivity contribution >= 4 is 17.5 Å². The summed E-state index contributed by atoms with van der Waals surface area (Å²) in [6.45, 7) is 5.14. The maximum absolute atomic E-state index is 12.6. The minimum atomic E-state index is -4.49. The smallest absolute Gasteiger partial charge is 0.355 e. The van der Waals surface area contributed by atoms with E-state index in [4.69, 9.17) is 0 Å². The van der Waals surface area contributed by atoms with E-state index in [1.807, 2.05) is 6.92 Å². The molecular formula is C15H19F3N2O2. The molecule has 0 bridgehead atoms. The Balaban J connectivity index is 2.86. The first-order valence-corrected chi connectivity index (χ1v) is 6.86. The summed E-state index contributed by atoms with van der Waals surface area (Å²) in [7, 11) is 0. The fourth-order valence-corrected chi connectivity index (χ4v) is 1.62. The molecule has 0 aliphatic carbocycles. The molecule has 0 aliphatic rings. The zero-order chi connectivity index (χ0) is 17.0. The van der Waals surface area contributed by atoms with Crippen LogP contribution in [0, 0.1) is 5.41 Å². The van der Waals surface area contributed by atoms with Gasteiger partial charge in [-0.15, -0.1) is 0 Å². The molecule has 1 aromatic rings. The quantitative estimate of drug-likeness (QED) is 0.820. The molecule has 1 aromatic carbocycles. The van der Waals surface area contributed by atoms with E-state index < -0.39 is 29.0 Å². The monoisotopic (exact) mass is 316 g/mol. The van der Waals surface area contributed by atoms with E-state index in [2.05, 4.69) is 10.6 Å². The molecule has 0 saturated heterocycles. The van der Waals surface area contributed by atoms with Crippen LogP contribution in [-0.2, 0) is 15.8 Å². The van der Waals surface area contributed by atoms with Crippen LogP contribution in [0.4, 0.5) is 18.9 Å². The topological polar surface area (TPSA) is 58.2 Å². The first-order valence-electron chi connectivity index (χ1n) is 6.86. The second kappa shape index (κ2) is 6.81. The summed E-state index contributed by atoms with van der Waals surface area (Å²) >= 11 is 0. The molecule has 7 heteroatoms. The summed E-state index contributed by atoms with van der Waals surface area (Å²) in [5.74, 6) is -1.14. The molecule has 122 valence electrons. The van der Waals surface area contributed by atoms with Gasteiger partial charge in [0.2, 0.25) is 11.8 Å². The largest absolute Gasteiger partial charge is 0.416 e. The molecule has 0 radical (unpaired) electrons. The second-order valence-electron chi connectivity index (χ2n) is 5.41. The van der Waals surface area contributed by atoms with Crippen LogP contribution in [0.1, 0.15) is 32.8 Å². The number of anilines is 1. The van der Waals surface area contributed by atoms with E-state index in [0.717, 1.165) is 18.6 Å². The summed E-state index contributed by atoms with van der Waals surface area (Å²) in [6.07, 6.45) is -3.77. The van der Waals surface area contributed by atoms with Crippen molar-refractivity contribution in [3.05, 3.63) is 29.8 Å². The second-order valence-corrected chi connectivity index (χ2v) is 5.41. The van der Waals surface area contributed by atoms with Crippen LogP contribution in [-0.4, -0.2) is 18.4 Å². The number of carbonyl (C=O) groups excluding carboxylic acids is 2. The molecule has 0 fully saturated rings. The van der Waals surface area contributed by atoms with Crippen LogP contribution < -0.4 is 10.6 Å². The Morgan fingerprint density at radius 1 is 1.14 bits per heavy atom. The molecule has 0 spiro atoms. The number of carbonyl (C=O) groups is 2. The number of hydrogen-bond acceptors (Lipinski definition) is 2. The normalized spacial score (nSPS) is 11.9. The van der Waals surface area contributed by atoms with Crippen LogP contribution in [0.3, 0.4) is 0 Å². The number of nitrogens with one attached hydrogen (secondary N) is 2. The number of rotatable bonds is 5. The van der Waals surface area contributed by atoms with Crippen molar-refractivity contribution in [3.63, 3.8) is 0 Å². The Morgan fingerprint density at radius 3 is 2.32 bits per heavy atom. The molecule has 2 amide bonds. The van der Waals surface area contributed by atoms with Gasteiger partial charge in [0, 0.05) is 12.2 Å². The van der Waals surface area contributed by atoms with E-state index >= 15 is 0 Å². The third kappa shape index (κ3) is 4.47. The molecule has 4 nitrogen and oxygen atoms in total. The third-order valence-electron chi connectivity index (χ3n) is 3.12. The van der Waals surface area contributed by atoms with E-state index in [0.29, 0.717) is 6.54 Å². The summed E-state index contributed by atoms with van der Waals surface area (Å²) in [5, 5.41) is 4.95. The Bertz CT molecular complexity index is 554. The summed E-state index contributed by atoms with van der Waals surface area (Å²) in [5.41, 5.74) is -2.25. The van der Waals surface area contributed by atoms with Crippen LogP contribution in [0.2, 0.25) is 0 Å². The maximum Gasteiger partial charge on any atom is 0.416 e. The standard InChI is InChI=1S/C15H19F3N2O2/c1-4-8-19-12(21)14(2,3)13(22)20-11-7-5-6-10(9-11)15(16,17)18/h5-7,9H,4,8H2,1-3H3,(H,19,21)(H,20,22). The molecule has 2 N–H and O–H groups in total. The average Bonchev–Trinajstić information content (AvgIpc) is 2.43. The molecular weight excluding hydrogens is 297 g/mol. The lowest BCUT2D eigenvalue weighted by atomic mass is 9.91. The Hall–Kier alpha value is -2.05. The van der Waals surface area contributed by atoms with Gasteiger partial charge in [-0.25, -0.2) is 0 Å². The first-order chi connectivity index (χ1) is 10.1. The van der Waals surface area contributed by atoms with Gasteiger partial charge in [0.05, 0.1) is 5.56 Å². The van der Waals surface area contributed by atoms with Gasteiger partial charge in [-0.05, 0) is 38.5 Å². The number of halogens is 3. The molecule has 0 unspecified atom stereocenters. The minimum Gasteiger partial charge on any atom is -0.355 e. The molecule has 0 heterocycles. The van der Waals surface area contributed by atoms with Crippen molar-refractivity contribution < 1.29 is 22.8 Å². The van der Waals surface area contributed by atoms with Gasteiger partial charge in [0.15, 0.2) is 0 Å².